The van der Waals surface area contributed by atoms with E-state index in [0.29, 0.717) is 6.42 Å². The molecule has 0 amide bonds. The van der Waals surface area contributed by atoms with Crippen molar-refractivity contribution in [3.8, 4) is 6.07 Å². The Morgan fingerprint density at radius 2 is 2.12 bits per heavy atom. The van der Waals surface area contributed by atoms with Gasteiger partial charge in [-0.15, -0.1) is 0 Å². The van der Waals surface area contributed by atoms with Crippen LogP contribution in [0.2, 0.25) is 0 Å². The van der Waals surface area contributed by atoms with Crippen LogP contribution in [0.1, 0.15) is 37.7 Å². The SMILES string of the molecule is CCCCC(O)C(C#N)c1ccccc1F. The zero-order chi connectivity index (χ0) is 12.0. The molecule has 2 nitrogen and oxygen atoms in total. The summed E-state index contributed by atoms with van der Waals surface area (Å²) >= 11 is 0. The third kappa shape index (κ3) is 3.04. The predicted octanol–water partition coefficient (Wildman–Crippen LogP) is 2.98. The molecular weight excluding hydrogens is 205 g/mol. The van der Waals surface area contributed by atoms with Crippen molar-refractivity contribution >= 4 is 0 Å². The zero-order valence-electron chi connectivity index (χ0n) is 9.36. The maximum atomic E-state index is 13.4. The van der Waals surface area contributed by atoms with Crippen molar-refractivity contribution in [1.29, 1.82) is 5.26 Å². The highest BCUT2D eigenvalue weighted by molar-refractivity contribution is 5.27. The normalized spacial score (nSPS) is 14.1. The molecule has 1 aromatic rings. The monoisotopic (exact) mass is 221 g/mol. The van der Waals surface area contributed by atoms with Gasteiger partial charge in [-0.05, 0) is 12.5 Å². The molecule has 86 valence electrons. The third-order valence-corrected chi connectivity index (χ3v) is 2.62. The van der Waals surface area contributed by atoms with Crippen LogP contribution >= 0.6 is 0 Å². The molecular formula is C13H16FNO. The molecule has 0 fully saturated rings. The average Bonchev–Trinajstić information content (AvgIpc) is 2.30. The lowest BCUT2D eigenvalue weighted by molar-refractivity contribution is 0.147. The molecule has 0 aliphatic carbocycles. The fraction of sp³-hybridized carbons (Fsp3) is 0.462. The van der Waals surface area contributed by atoms with Crippen molar-refractivity contribution in [1.82, 2.24) is 0 Å². The van der Waals surface area contributed by atoms with Gasteiger partial charge in [0.2, 0.25) is 0 Å². The third-order valence-electron chi connectivity index (χ3n) is 2.62. The number of nitrogens with zero attached hydrogens (tertiary/aromatic N) is 1. The first-order chi connectivity index (χ1) is 7.70. The molecule has 0 saturated carbocycles. The molecule has 0 bridgehead atoms. The molecule has 0 spiro atoms. The van der Waals surface area contributed by atoms with Crippen LogP contribution in [-0.2, 0) is 0 Å². The number of benzene rings is 1. The maximum Gasteiger partial charge on any atom is 0.127 e. The number of rotatable bonds is 5. The highest BCUT2D eigenvalue weighted by atomic mass is 19.1. The van der Waals surface area contributed by atoms with Gasteiger partial charge in [0.15, 0.2) is 0 Å². The molecule has 2 unspecified atom stereocenters. The van der Waals surface area contributed by atoms with Gasteiger partial charge in [0.25, 0.3) is 0 Å². The van der Waals surface area contributed by atoms with E-state index < -0.39 is 17.8 Å². The number of aliphatic hydroxyl groups excluding tert-OH is 1. The van der Waals surface area contributed by atoms with Crippen molar-refractivity contribution in [3.63, 3.8) is 0 Å². The Labute approximate surface area is 95.3 Å². The first-order valence-electron chi connectivity index (χ1n) is 5.52. The van der Waals surface area contributed by atoms with Gasteiger partial charge in [-0.3, -0.25) is 0 Å². The molecule has 0 aromatic heterocycles. The highest BCUT2D eigenvalue weighted by Crippen LogP contribution is 2.24. The Bertz CT molecular complexity index is 372. The maximum absolute atomic E-state index is 13.4. The van der Waals surface area contributed by atoms with Crippen LogP contribution < -0.4 is 0 Å². The average molecular weight is 221 g/mol. The lowest BCUT2D eigenvalue weighted by atomic mass is 9.91. The lowest BCUT2D eigenvalue weighted by Crippen LogP contribution is -2.18. The Hall–Kier alpha value is -1.40. The molecule has 1 N–H and O–H groups in total. The van der Waals surface area contributed by atoms with E-state index in [2.05, 4.69) is 0 Å². The molecule has 0 heterocycles. The summed E-state index contributed by atoms with van der Waals surface area (Å²) in [5.41, 5.74) is 0.286. The van der Waals surface area contributed by atoms with Crippen LogP contribution in [0.5, 0.6) is 0 Å². The van der Waals surface area contributed by atoms with Gasteiger partial charge >= 0.3 is 0 Å². The van der Waals surface area contributed by atoms with E-state index in [0.717, 1.165) is 12.8 Å². The van der Waals surface area contributed by atoms with Gasteiger partial charge in [-0.25, -0.2) is 4.39 Å². The molecule has 16 heavy (non-hydrogen) atoms. The molecule has 2 atom stereocenters. The number of halogens is 1. The second kappa shape index (κ2) is 6.24. The van der Waals surface area contributed by atoms with Gasteiger partial charge in [0.1, 0.15) is 5.82 Å². The standard InChI is InChI=1S/C13H16FNO/c1-2-3-8-13(16)11(9-15)10-6-4-5-7-12(10)14/h4-7,11,13,16H,2-3,8H2,1H3. The van der Waals surface area contributed by atoms with E-state index >= 15 is 0 Å². The summed E-state index contributed by atoms with van der Waals surface area (Å²) in [7, 11) is 0. The molecule has 3 heteroatoms. The molecule has 0 aliphatic heterocycles. The van der Waals surface area contributed by atoms with Gasteiger partial charge in [0.05, 0.1) is 18.1 Å². The highest BCUT2D eigenvalue weighted by Gasteiger charge is 2.22. The van der Waals surface area contributed by atoms with E-state index in [1.807, 2.05) is 13.0 Å². The fourth-order valence-corrected chi connectivity index (χ4v) is 1.67. The minimum Gasteiger partial charge on any atom is -0.391 e. The Morgan fingerprint density at radius 3 is 2.69 bits per heavy atom. The van der Waals surface area contributed by atoms with Crippen molar-refractivity contribution < 1.29 is 9.50 Å². The lowest BCUT2D eigenvalue weighted by Gasteiger charge is -2.17. The summed E-state index contributed by atoms with van der Waals surface area (Å²) in [6.45, 7) is 2.01. The molecule has 0 radical (unpaired) electrons. The first-order valence-corrected chi connectivity index (χ1v) is 5.52. The Kier molecular flexibility index (Phi) is 4.94. The largest absolute Gasteiger partial charge is 0.391 e. The smallest absolute Gasteiger partial charge is 0.127 e. The van der Waals surface area contributed by atoms with E-state index in [9.17, 15) is 9.50 Å². The zero-order valence-corrected chi connectivity index (χ0v) is 9.36. The first kappa shape index (κ1) is 12.7. The Morgan fingerprint density at radius 1 is 1.44 bits per heavy atom. The summed E-state index contributed by atoms with van der Waals surface area (Å²) in [5, 5.41) is 18.8. The molecule has 1 rings (SSSR count). The van der Waals surface area contributed by atoms with Crippen LogP contribution in [0.4, 0.5) is 4.39 Å². The van der Waals surface area contributed by atoms with Crippen LogP contribution in [0.15, 0.2) is 24.3 Å². The summed E-state index contributed by atoms with van der Waals surface area (Å²) in [6.07, 6.45) is 1.53. The molecule has 0 saturated heterocycles. The summed E-state index contributed by atoms with van der Waals surface area (Å²) in [5.74, 6) is -1.20. The number of aliphatic hydroxyl groups is 1. The van der Waals surface area contributed by atoms with E-state index in [-0.39, 0.29) is 5.56 Å². The van der Waals surface area contributed by atoms with Crippen LogP contribution in [-0.4, -0.2) is 11.2 Å². The van der Waals surface area contributed by atoms with Crippen LogP contribution in [0.3, 0.4) is 0 Å². The number of unbranched alkanes of at least 4 members (excludes halogenated alkanes) is 1. The summed E-state index contributed by atoms with van der Waals surface area (Å²) in [6, 6.07) is 8.09. The quantitative estimate of drug-likeness (QED) is 0.830. The van der Waals surface area contributed by atoms with Gasteiger partial charge in [-0.1, -0.05) is 38.0 Å². The van der Waals surface area contributed by atoms with Gasteiger partial charge < -0.3 is 5.11 Å². The number of hydrogen-bond acceptors (Lipinski definition) is 2. The minimum atomic E-state index is -0.790. The molecule has 0 aliphatic rings. The van der Waals surface area contributed by atoms with Crippen molar-refractivity contribution in [2.75, 3.05) is 0 Å². The minimum absolute atomic E-state index is 0.286. The predicted molar refractivity (Wildman–Crippen MR) is 60.3 cm³/mol. The second-order valence-electron chi connectivity index (χ2n) is 3.84. The van der Waals surface area contributed by atoms with Gasteiger partial charge in [0, 0.05) is 5.56 Å². The molecule has 1 aromatic carbocycles. The number of hydrogen-bond donors (Lipinski definition) is 1. The van der Waals surface area contributed by atoms with Crippen molar-refractivity contribution in [2.24, 2.45) is 0 Å². The van der Waals surface area contributed by atoms with Crippen molar-refractivity contribution in [2.45, 2.75) is 38.2 Å². The van der Waals surface area contributed by atoms with E-state index in [1.54, 1.807) is 18.2 Å². The topological polar surface area (TPSA) is 44.0 Å². The summed E-state index contributed by atoms with van der Waals surface area (Å²) < 4.78 is 13.4. The Balaban J connectivity index is 2.83. The second-order valence-corrected chi connectivity index (χ2v) is 3.84. The van der Waals surface area contributed by atoms with E-state index in [4.69, 9.17) is 5.26 Å². The summed E-state index contributed by atoms with van der Waals surface area (Å²) in [4.78, 5) is 0. The fourth-order valence-electron chi connectivity index (χ4n) is 1.67. The van der Waals surface area contributed by atoms with Crippen molar-refractivity contribution in [3.05, 3.63) is 35.6 Å². The van der Waals surface area contributed by atoms with Crippen LogP contribution in [0, 0.1) is 17.1 Å². The van der Waals surface area contributed by atoms with E-state index in [1.165, 1.54) is 6.07 Å². The number of nitriles is 1. The van der Waals surface area contributed by atoms with Crippen LogP contribution in [0.25, 0.3) is 0 Å². The van der Waals surface area contributed by atoms with Gasteiger partial charge in [-0.2, -0.15) is 5.26 Å².